The second-order valence-electron chi connectivity index (χ2n) is 5.49. The summed E-state index contributed by atoms with van der Waals surface area (Å²) in [7, 11) is -3.50. The first-order chi connectivity index (χ1) is 10.0. The number of piperidine rings is 1. The summed E-state index contributed by atoms with van der Waals surface area (Å²) >= 11 is 0. The summed E-state index contributed by atoms with van der Waals surface area (Å²) in [5.41, 5.74) is 1.07. The van der Waals surface area contributed by atoms with E-state index >= 15 is 0 Å². The minimum absolute atomic E-state index is 0.253. The van der Waals surface area contributed by atoms with Crippen LogP contribution in [-0.4, -0.2) is 28.1 Å². The van der Waals surface area contributed by atoms with Crippen molar-refractivity contribution in [3.05, 3.63) is 29.3 Å². The van der Waals surface area contributed by atoms with Crippen LogP contribution in [0.3, 0.4) is 0 Å². The predicted octanol–water partition coefficient (Wildman–Crippen LogP) is 1.53. The number of nitriles is 1. The van der Waals surface area contributed by atoms with E-state index in [4.69, 9.17) is 5.26 Å². The molecule has 0 radical (unpaired) electrons. The van der Waals surface area contributed by atoms with Gasteiger partial charge in [-0.1, -0.05) is 0 Å². The van der Waals surface area contributed by atoms with Gasteiger partial charge < -0.3 is 5.32 Å². The van der Waals surface area contributed by atoms with E-state index < -0.39 is 10.0 Å². The number of rotatable bonds is 5. The molecule has 6 heteroatoms. The van der Waals surface area contributed by atoms with E-state index in [0.29, 0.717) is 23.6 Å². The second kappa shape index (κ2) is 7.03. The Bertz CT molecular complexity index is 629. The van der Waals surface area contributed by atoms with Crippen molar-refractivity contribution in [2.45, 2.75) is 31.1 Å². The molecule has 114 valence electrons. The van der Waals surface area contributed by atoms with Crippen molar-refractivity contribution in [2.24, 2.45) is 5.92 Å². The Labute approximate surface area is 126 Å². The molecule has 1 aliphatic heterocycles. The molecule has 0 bridgehead atoms. The average Bonchev–Trinajstić information content (AvgIpc) is 2.47. The number of benzene rings is 1. The van der Waals surface area contributed by atoms with E-state index in [2.05, 4.69) is 10.0 Å². The molecule has 0 spiro atoms. The Balaban J connectivity index is 1.96. The van der Waals surface area contributed by atoms with Gasteiger partial charge in [0.15, 0.2) is 0 Å². The lowest BCUT2D eigenvalue weighted by atomic mass is 9.96. The summed E-state index contributed by atoms with van der Waals surface area (Å²) < 4.78 is 27.2. The van der Waals surface area contributed by atoms with Crippen LogP contribution in [0.15, 0.2) is 23.1 Å². The zero-order valence-corrected chi connectivity index (χ0v) is 13.0. The van der Waals surface area contributed by atoms with Gasteiger partial charge in [0.1, 0.15) is 0 Å². The van der Waals surface area contributed by atoms with Gasteiger partial charge in [0.25, 0.3) is 0 Å². The standard InChI is InChI=1S/C15H21N3O2S/c1-12-9-14(10-16)4-5-15(12)21(19,20)18-8-6-13-3-2-7-17-11-13/h4-5,9,13,17-18H,2-3,6-8,11H2,1H3/t13-/m0/s1. The van der Waals surface area contributed by atoms with Crippen molar-refractivity contribution >= 4 is 10.0 Å². The van der Waals surface area contributed by atoms with Gasteiger partial charge in [-0.15, -0.1) is 0 Å². The molecule has 1 aliphatic rings. The molecule has 1 fully saturated rings. The lowest BCUT2D eigenvalue weighted by Crippen LogP contribution is -2.33. The number of sulfonamides is 1. The summed E-state index contributed by atoms with van der Waals surface area (Å²) in [6.07, 6.45) is 3.17. The quantitative estimate of drug-likeness (QED) is 0.864. The molecule has 1 aromatic carbocycles. The maximum absolute atomic E-state index is 12.3. The van der Waals surface area contributed by atoms with Crippen molar-refractivity contribution in [2.75, 3.05) is 19.6 Å². The third-order valence-electron chi connectivity index (χ3n) is 3.84. The fraction of sp³-hybridized carbons (Fsp3) is 0.533. The van der Waals surface area contributed by atoms with E-state index in [1.165, 1.54) is 12.1 Å². The van der Waals surface area contributed by atoms with Crippen LogP contribution in [0.5, 0.6) is 0 Å². The van der Waals surface area contributed by atoms with E-state index in [1.807, 2.05) is 6.07 Å². The predicted molar refractivity (Wildman–Crippen MR) is 81.3 cm³/mol. The number of hydrogen-bond acceptors (Lipinski definition) is 4. The lowest BCUT2D eigenvalue weighted by molar-refractivity contribution is 0.358. The topological polar surface area (TPSA) is 82.0 Å². The average molecular weight is 307 g/mol. The normalized spacial score (nSPS) is 19.1. The van der Waals surface area contributed by atoms with Crippen LogP contribution in [0.2, 0.25) is 0 Å². The first-order valence-corrected chi connectivity index (χ1v) is 8.72. The molecule has 2 rings (SSSR count). The zero-order chi connectivity index (χ0) is 15.3. The first-order valence-electron chi connectivity index (χ1n) is 7.24. The van der Waals surface area contributed by atoms with Crippen LogP contribution in [0.1, 0.15) is 30.4 Å². The van der Waals surface area contributed by atoms with Crippen LogP contribution < -0.4 is 10.0 Å². The highest BCUT2D eigenvalue weighted by Gasteiger charge is 2.18. The summed E-state index contributed by atoms with van der Waals surface area (Å²) in [6, 6.07) is 6.64. The van der Waals surface area contributed by atoms with Crippen LogP contribution in [0.4, 0.5) is 0 Å². The molecule has 0 aliphatic carbocycles. The molecule has 1 heterocycles. The highest BCUT2D eigenvalue weighted by molar-refractivity contribution is 7.89. The molecule has 1 aromatic rings. The van der Waals surface area contributed by atoms with Gasteiger partial charge in [-0.3, -0.25) is 0 Å². The van der Waals surface area contributed by atoms with Gasteiger partial charge in [-0.05, 0) is 69.0 Å². The maximum Gasteiger partial charge on any atom is 0.240 e. The molecule has 0 aromatic heterocycles. The van der Waals surface area contributed by atoms with Gasteiger partial charge in [0.05, 0.1) is 16.5 Å². The van der Waals surface area contributed by atoms with Crippen LogP contribution in [0, 0.1) is 24.2 Å². The molecule has 0 amide bonds. The molecule has 5 nitrogen and oxygen atoms in total. The summed E-state index contributed by atoms with van der Waals surface area (Å²) in [4.78, 5) is 0.253. The molecule has 1 atom stereocenters. The van der Waals surface area contributed by atoms with Gasteiger partial charge >= 0.3 is 0 Å². The van der Waals surface area contributed by atoms with E-state index in [9.17, 15) is 8.42 Å². The van der Waals surface area contributed by atoms with Gasteiger partial charge in [0, 0.05) is 6.54 Å². The Morgan fingerprint density at radius 1 is 1.48 bits per heavy atom. The van der Waals surface area contributed by atoms with Crippen molar-refractivity contribution in [3.63, 3.8) is 0 Å². The first kappa shape index (κ1) is 16.0. The third-order valence-corrected chi connectivity index (χ3v) is 5.46. The largest absolute Gasteiger partial charge is 0.316 e. The highest BCUT2D eigenvalue weighted by Crippen LogP contribution is 2.17. The maximum atomic E-state index is 12.3. The minimum Gasteiger partial charge on any atom is -0.316 e. The van der Waals surface area contributed by atoms with E-state index in [1.54, 1.807) is 13.0 Å². The van der Waals surface area contributed by atoms with Crippen LogP contribution >= 0.6 is 0 Å². The fourth-order valence-corrected chi connectivity index (χ4v) is 3.94. The number of nitrogens with zero attached hydrogens (tertiary/aromatic N) is 1. The Kier molecular flexibility index (Phi) is 5.34. The molecule has 1 saturated heterocycles. The molecule has 0 unspecified atom stereocenters. The summed E-state index contributed by atoms with van der Waals surface area (Å²) in [6.45, 7) is 4.19. The number of aryl methyl sites for hydroxylation is 1. The number of nitrogens with one attached hydrogen (secondary N) is 2. The number of hydrogen-bond donors (Lipinski definition) is 2. The van der Waals surface area contributed by atoms with Crippen molar-refractivity contribution < 1.29 is 8.42 Å². The van der Waals surface area contributed by atoms with E-state index in [0.717, 1.165) is 32.4 Å². The Hall–Kier alpha value is -1.42. The molecular formula is C15H21N3O2S. The Morgan fingerprint density at radius 2 is 2.29 bits per heavy atom. The van der Waals surface area contributed by atoms with Gasteiger partial charge in [-0.2, -0.15) is 5.26 Å². The molecule has 0 saturated carbocycles. The second-order valence-corrected chi connectivity index (χ2v) is 7.23. The molecular weight excluding hydrogens is 286 g/mol. The molecule has 2 N–H and O–H groups in total. The van der Waals surface area contributed by atoms with Gasteiger partial charge in [0.2, 0.25) is 10.0 Å². The van der Waals surface area contributed by atoms with Crippen molar-refractivity contribution in [3.8, 4) is 6.07 Å². The van der Waals surface area contributed by atoms with Crippen LogP contribution in [-0.2, 0) is 10.0 Å². The van der Waals surface area contributed by atoms with Crippen molar-refractivity contribution in [1.29, 1.82) is 5.26 Å². The SMILES string of the molecule is Cc1cc(C#N)ccc1S(=O)(=O)NCC[C@@H]1CCCNC1. The zero-order valence-electron chi connectivity index (χ0n) is 12.2. The molecule has 21 heavy (non-hydrogen) atoms. The fourth-order valence-electron chi connectivity index (χ4n) is 2.67. The Morgan fingerprint density at radius 3 is 2.90 bits per heavy atom. The minimum atomic E-state index is -3.50. The highest BCUT2D eigenvalue weighted by atomic mass is 32.2. The van der Waals surface area contributed by atoms with E-state index in [-0.39, 0.29) is 4.90 Å². The van der Waals surface area contributed by atoms with Crippen LogP contribution in [0.25, 0.3) is 0 Å². The monoisotopic (exact) mass is 307 g/mol. The third kappa shape index (κ3) is 4.27. The summed E-state index contributed by atoms with van der Waals surface area (Å²) in [5.74, 6) is 0.545. The lowest BCUT2D eigenvalue weighted by Gasteiger charge is -2.22. The van der Waals surface area contributed by atoms with Crippen molar-refractivity contribution in [1.82, 2.24) is 10.0 Å². The van der Waals surface area contributed by atoms with Gasteiger partial charge in [-0.25, -0.2) is 13.1 Å². The summed E-state index contributed by atoms with van der Waals surface area (Å²) in [5, 5.41) is 12.1. The smallest absolute Gasteiger partial charge is 0.240 e.